The molecule has 112 valence electrons. The Kier molecular flexibility index (Phi) is 3.39. The predicted octanol–water partition coefficient (Wildman–Crippen LogP) is 2.66. The van der Waals surface area contributed by atoms with Gasteiger partial charge in [-0.1, -0.05) is 6.07 Å². The van der Waals surface area contributed by atoms with Crippen LogP contribution in [0.25, 0.3) is 10.9 Å². The molecule has 0 unspecified atom stereocenters. The smallest absolute Gasteiger partial charge is 0.0672 e. The summed E-state index contributed by atoms with van der Waals surface area (Å²) < 4.78 is 2.46. The van der Waals surface area contributed by atoms with E-state index in [0.717, 1.165) is 38.2 Å². The van der Waals surface area contributed by atoms with Crippen LogP contribution in [0.3, 0.4) is 0 Å². The van der Waals surface area contributed by atoms with Crippen LogP contribution in [0, 0.1) is 0 Å². The van der Waals surface area contributed by atoms with Crippen molar-refractivity contribution in [3.05, 3.63) is 59.8 Å². The maximum Gasteiger partial charge on any atom is 0.0672 e. The van der Waals surface area contributed by atoms with Gasteiger partial charge in [0.25, 0.3) is 0 Å². The summed E-state index contributed by atoms with van der Waals surface area (Å²) in [7, 11) is 2.20. The van der Waals surface area contributed by atoms with Gasteiger partial charge in [-0.2, -0.15) is 0 Å². The van der Waals surface area contributed by atoms with Crippen LogP contribution < -0.4 is 0 Å². The van der Waals surface area contributed by atoms with Crippen molar-refractivity contribution in [2.24, 2.45) is 0 Å². The Morgan fingerprint density at radius 1 is 1.18 bits per heavy atom. The van der Waals surface area contributed by atoms with Crippen LogP contribution in [0.1, 0.15) is 17.0 Å². The van der Waals surface area contributed by atoms with Crippen molar-refractivity contribution >= 4 is 10.9 Å². The molecule has 0 fully saturated rings. The predicted molar refractivity (Wildman–Crippen MR) is 87.7 cm³/mol. The number of aromatic nitrogens is 3. The highest BCUT2D eigenvalue weighted by atomic mass is 15.1. The highest BCUT2D eigenvalue weighted by molar-refractivity contribution is 5.85. The summed E-state index contributed by atoms with van der Waals surface area (Å²) in [6.07, 6.45) is 7.85. The van der Waals surface area contributed by atoms with Gasteiger partial charge < -0.3 is 9.47 Å². The number of hydrogen-bond donors (Lipinski definition) is 0. The van der Waals surface area contributed by atoms with Gasteiger partial charge in [-0.05, 0) is 30.8 Å². The molecular formula is C18H20N4. The van der Waals surface area contributed by atoms with E-state index in [1.54, 1.807) is 0 Å². The molecule has 0 N–H and O–H groups in total. The normalized spacial score (nSPS) is 15.1. The molecule has 4 nitrogen and oxygen atoms in total. The Labute approximate surface area is 130 Å². The van der Waals surface area contributed by atoms with Gasteiger partial charge in [0.15, 0.2) is 0 Å². The number of likely N-dealkylation sites (N-methyl/N-ethyl adjacent to an activating group) is 1. The molecule has 4 rings (SSSR count). The van der Waals surface area contributed by atoms with Crippen molar-refractivity contribution in [3.8, 4) is 0 Å². The molecule has 4 heteroatoms. The molecule has 0 saturated carbocycles. The second-order valence-corrected chi connectivity index (χ2v) is 6.03. The van der Waals surface area contributed by atoms with Crippen molar-refractivity contribution in [1.29, 1.82) is 0 Å². The van der Waals surface area contributed by atoms with Gasteiger partial charge in [0.05, 0.1) is 11.7 Å². The molecule has 22 heavy (non-hydrogen) atoms. The summed E-state index contributed by atoms with van der Waals surface area (Å²) in [6, 6.07) is 8.28. The van der Waals surface area contributed by atoms with Crippen molar-refractivity contribution in [2.75, 3.05) is 13.6 Å². The number of aryl methyl sites for hydroxylation is 2. The van der Waals surface area contributed by atoms with Crippen LogP contribution >= 0.6 is 0 Å². The van der Waals surface area contributed by atoms with Gasteiger partial charge in [-0.15, -0.1) is 0 Å². The van der Waals surface area contributed by atoms with Gasteiger partial charge in [0.2, 0.25) is 0 Å². The quantitative estimate of drug-likeness (QED) is 0.744. The van der Waals surface area contributed by atoms with Crippen LogP contribution in [-0.4, -0.2) is 33.0 Å². The van der Waals surface area contributed by atoms with Crippen molar-refractivity contribution < 1.29 is 0 Å². The Balaban J connectivity index is 1.74. The fourth-order valence-electron chi connectivity index (χ4n) is 3.46. The zero-order chi connectivity index (χ0) is 14.9. The summed E-state index contributed by atoms with van der Waals surface area (Å²) in [6.45, 7) is 3.13. The number of rotatable bonds is 3. The first-order chi connectivity index (χ1) is 10.8. The zero-order valence-corrected chi connectivity index (χ0v) is 12.9. The first-order valence-corrected chi connectivity index (χ1v) is 7.85. The molecule has 3 aromatic heterocycles. The van der Waals surface area contributed by atoms with E-state index in [9.17, 15) is 0 Å². The molecule has 0 atom stereocenters. The molecule has 0 aliphatic carbocycles. The third-order valence-electron chi connectivity index (χ3n) is 4.57. The molecule has 0 bridgehead atoms. The fraction of sp³-hybridized carbons (Fsp3) is 0.333. The summed E-state index contributed by atoms with van der Waals surface area (Å²) in [5.74, 6) is 0. The average molecular weight is 292 g/mol. The molecule has 3 aromatic rings. The minimum absolute atomic E-state index is 0.960. The standard InChI is InChI=1S/C18H20N4/c1-21-10-7-17-16(13-21)15-5-9-19-12-18(15)22(17)11-6-14-4-2-3-8-20-14/h2-5,8-9,12H,6-7,10-11,13H2,1H3. The van der Waals surface area contributed by atoms with Crippen molar-refractivity contribution in [1.82, 2.24) is 19.4 Å². The highest BCUT2D eigenvalue weighted by Crippen LogP contribution is 2.30. The molecular weight excluding hydrogens is 272 g/mol. The lowest BCUT2D eigenvalue weighted by Crippen LogP contribution is -2.27. The van der Waals surface area contributed by atoms with E-state index < -0.39 is 0 Å². The SMILES string of the molecule is CN1CCc2c(c3ccncc3n2CCc2ccccn2)C1. The Morgan fingerprint density at radius 2 is 2.14 bits per heavy atom. The summed E-state index contributed by atoms with van der Waals surface area (Å²) in [5.41, 5.74) is 5.37. The molecule has 0 aromatic carbocycles. The van der Waals surface area contributed by atoms with E-state index in [0.29, 0.717) is 0 Å². The van der Waals surface area contributed by atoms with Crippen molar-refractivity contribution in [2.45, 2.75) is 25.9 Å². The highest BCUT2D eigenvalue weighted by Gasteiger charge is 2.22. The summed E-state index contributed by atoms with van der Waals surface area (Å²) in [4.78, 5) is 11.2. The number of fused-ring (bicyclic) bond motifs is 3. The third-order valence-corrected chi connectivity index (χ3v) is 4.57. The van der Waals surface area contributed by atoms with Crippen LogP contribution in [0.5, 0.6) is 0 Å². The Hall–Kier alpha value is -2.20. The number of nitrogens with zero attached hydrogens (tertiary/aromatic N) is 4. The first-order valence-electron chi connectivity index (χ1n) is 7.85. The summed E-state index contributed by atoms with van der Waals surface area (Å²) >= 11 is 0. The van der Waals surface area contributed by atoms with Gasteiger partial charge in [-0.25, -0.2) is 0 Å². The lowest BCUT2D eigenvalue weighted by Gasteiger charge is -2.24. The Morgan fingerprint density at radius 3 is 3.00 bits per heavy atom. The number of hydrogen-bond acceptors (Lipinski definition) is 3. The molecule has 1 aliphatic rings. The van der Waals surface area contributed by atoms with Crippen LogP contribution in [0.2, 0.25) is 0 Å². The molecule has 4 heterocycles. The minimum Gasteiger partial charge on any atom is -0.343 e. The minimum atomic E-state index is 0.960. The number of pyridine rings is 2. The van der Waals surface area contributed by atoms with Crippen LogP contribution in [0.15, 0.2) is 42.9 Å². The molecule has 0 amide bonds. The maximum absolute atomic E-state index is 4.45. The van der Waals surface area contributed by atoms with E-state index in [2.05, 4.69) is 44.7 Å². The van der Waals surface area contributed by atoms with E-state index in [1.165, 1.54) is 22.2 Å². The fourth-order valence-corrected chi connectivity index (χ4v) is 3.46. The molecule has 0 saturated heterocycles. The van der Waals surface area contributed by atoms with E-state index >= 15 is 0 Å². The van der Waals surface area contributed by atoms with E-state index in [1.807, 2.05) is 24.7 Å². The lowest BCUT2D eigenvalue weighted by molar-refractivity contribution is 0.309. The summed E-state index contributed by atoms with van der Waals surface area (Å²) in [5, 5.41) is 1.36. The zero-order valence-electron chi connectivity index (χ0n) is 12.9. The van der Waals surface area contributed by atoms with Gasteiger partial charge in [0, 0.05) is 61.6 Å². The molecule has 0 spiro atoms. The van der Waals surface area contributed by atoms with Gasteiger partial charge in [-0.3, -0.25) is 9.97 Å². The van der Waals surface area contributed by atoms with E-state index in [4.69, 9.17) is 0 Å². The van der Waals surface area contributed by atoms with Crippen LogP contribution in [-0.2, 0) is 25.9 Å². The Bertz CT molecular complexity index is 791. The third kappa shape index (κ3) is 2.29. The molecule has 0 radical (unpaired) electrons. The second kappa shape index (κ2) is 5.54. The van der Waals surface area contributed by atoms with Crippen molar-refractivity contribution in [3.63, 3.8) is 0 Å². The lowest BCUT2D eigenvalue weighted by atomic mass is 10.1. The molecule has 1 aliphatic heterocycles. The average Bonchev–Trinajstić information content (AvgIpc) is 2.87. The second-order valence-electron chi connectivity index (χ2n) is 6.03. The monoisotopic (exact) mass is 292 g/mol. The van der Waals surface area contributed by atoms with Gasteiger partial charge in [0.1, 0.15) is 0 Å². The first kappa shape index (κ1) is 13.5. The van der Waals surface area contributed by atoms with E-state index in [-0.39, 0.29) is 0 Å². The van der Waals surface area contributed by atoms with Gasteiger partial charge >= 0.3 is 0 Å². The maximum atomic E-state index is 4.45. The largest absolute Gasteiger partial charge is 0.343 e. The van der Waals surface area contributed by atoms with Crippen LogP contribution in [0.4, 0.5) is 0 Å². The topological polar surface area (TPSA) is 34.0 Å².